The minimum atomic E-state index is -2.67. The first-order chi connectivity index (χ1) is 6.99. The average Bonchev–Trinajstić information content (AvgIpc) is 2.18. The van der Waals surface area contributed by atoms with Gasteiger partial charge in [0.05, 0.1) is 0 Å². The van der Waals surface area contributed by atoms with Crippen molar-refractivity contribution in [3.05, 3.63) is 30.1 Å². The molecule has 0 fully saturated rings. The summed E-state index contributed by atoms with van der Waals surface area (Å²) in [5.74, 6) is 0.312. The molecule has 0 aliphatic rings. The van der Waals surface area contributed by atoms with Gasteiger partial charge in [0.2, 0.25) is 0 Å². The van der Waals surface area contributed by atoms with Gasteiger partial charge in [-0.3, -0.25) is 4.98 Å². The lowest BCUT2D eigenvalue weighted by Gasteiger charge is -1.89. The third-order valence-electron chi connectivity index (χ3n) is 1.53. The molecule has 0 spiro atoms. The van der Waals surface area contributed by atoms with Crippen LogP contribution in [0.5, 0.6) is 0 Å². The minimum Gasteiger partial charge on any atom is -0.326 e. The van der Waals surface area contributed by atoms with E-state index < -0.39 is 9.84 Å². The molecule has 0 unspecified atom stereocenters. The molecule has 1 aromatic heterocycles. The summed E-state index contributed by atoms with van der Waals surface area (Å²) in [5.41, 5.74) is 6.39. The Balaban J connectivity index is 0.000000265. The highest BCUT2D eigenvalue weighted by molar-refractivity contribution is 7.90. The fourth-order valence-corrected chi connectivity index (χ4v) is 1.63. The zero-order chi connectivity index (χ0) is 11.7. The minimum absolute atomic E-state index is 0.312. The Labute approximate surface area is 91.4 Å². The van der Waals surface area contributed by atoms with E-state index >= 15 is 0 Å². The summed E-state index contributed by atoms with van der Waals surface area (Å²) in [7, 11) is -2.67. The molecule has 5 heteroatoms. The fourth-order valence-electron chi connectivity index (χ4n) is 0.890. The summed E-state index contributed by atoms with van der Waals surface area (Å²) < 4.78 is 20.5. The Morgan fingerprint density at radius 3 is 2.33 bits per heavy atom. The largest absolute Gasteiger partial charge is 0.326 e. The van der Waals surface area contributed by atoms with Gasteiger partial charge in [0, 0.05) is 30.9 Å². The number of hydrogen-bond acceptors (Lipinski definition) is 4. The van der Waals surface area contributed by atoms with Gasteiger partial charge in [-0.05, 0) is 18.1 Å². The van der Waals surface area contributed by atoms with Crippen LogP contribution < -0.4 is 5.73 Å². The Morgan fingerprint density at radius 1 is 1.47 bits per heavy atom. The summed E-state index contributed by atoms with van der Waals surface area (Å²) in [6, 6.07) is 3.83. The Bertz CT molecular complexity index is 349. The molecule has 1 rings (SSSR count). The smallest absolute Gasteiger partial charge is 0.147 e. The van der Waals surface area contributed by atoms with Crippen molar-refractivity contribution in [1.29, 1.82) is 0 Å². The number of nitrogens with two attached hydrogens (primary N) is 1. The number of nitrogens with zero attached hydrogens (tertiary/aromatic N) is 1. The Hall–Kier alpha value is -0.940. The molecule has 0 aliphatic carbocycles. The molecule has 0 atom stereocenters. The van der Waals surface area contributed by atoms with Crippen LogP contribution in [0.1, 0.15) is 18.9 Å². The SMILES string of the molecule is CCCS(C)(=O)=O.NCc1cccnc1. The molecule has 0 aliphatic heterocycles. The number of sulfone groups is 1. The first kappa shape index (κ1) is 14.1. The monoisotopic (exact) mass is 230 g/mol. The van der Waals surface area contributed by atoms with Crippen LogP contribution in [0.15, 0.2) is 24.5 Å². The molecule has 0 saturated heterocycles. The predicted octanol–water partition coefficient (Wildman–Crippen LogP) is 0.981. The lowest BCUT2D eigenvalue weighted by Crippen LogP contribution is -2.00. The van der Waals surface area contributed by atoms with Gasteiger partial charge in [-0.25, -0.2) is 8.42 Å². The van der Waals surface area contributed by atoms with Gasteiger partial charge < -0.3 is 5.73 Å². The van der Waals surface area contributed by atoms with E-state index in [-0.39, 0.29) is 0 Å². The van der Waals surface area contributed by atoms with E-state index in [9.17, 15) is 8.42 Å². The number of hydrogen-bond donors (Lipinski definition) is 1. The van der Waals surface area contributed by atoms with E-state index in [1.165, 1.54) is 6.26 Å². The molecule has 0 saturated carbocycles. The van der Waals surface area contributed by atoms with E-state index in [4.69, 9.17) is 5.73 Å². The fraction of sp³-hybridized carbons (Fsp3) is 0.500. The highest BCUT2D eigenvalue weighted by Gasteiger charge is 1.95. The first-order valence-electron chi connectivity index (χ1n) is 4.76. The van der Waals surface area contributed by atoms with E-state index in [0.717, 1.165) is 12.0 Å². The maximum Gasteiger partial charge on any atom is 0.147 e. The number of aromatic nitrogens is 1. The van der Waals surface area contributed by atoms with Crippen molar-refractivity contribution in [2.75, 3.05) is 12.0 Å². The second-order valence-electron chi connectivity index (χ2n) is 3.20. The second-order valence-corrected chi connectivity index (χ2v) is 5.46. The Kier molecular flexibility index (Phi) is 6.90. The predicted molar refractivity (Wildman–Crippen MR) is 62.1 cm³/mol. The van der Waals surface area contributed by atoms with Crippen LogP contribution in [-0.4, -0.2) is 25.4 Å². The first-order valence-corrected chi connectivity index (χ1v) is 6.82. The van der Waals surface area contributed by atoms with Gasteiger partial charge in [-0.1, -0.05) is 13.0 Å². The van der Waals surface area contributed by atoms with Crippen molar-refractivity contribution in [2.24, 2.45) is 5.73 Å². The number of rotatable bonds is 3. The second kappa shape index (κ2) is 7.36. The molecule has 0 amide bonds. The van der Waals surface area contributed by atoms with E-state index in [0.29, 0.717) is 12.3 Å². The summed E-state index contributed by atoms with van der Waals surface area (Å²) in [5, 5.41) is 0. The van der Waals surface area contributed by atoms with Crippen LogP contribution in [0.4, 0.5) is 0 Å². The third kappa shape index (κ3) is 9.37. The van der Waals surface area contributed by atoms with Crippen LogP contribution >= 0.6 is 0 Å². The van der Waals surface area contributed by atoms with Crippen molar-refractivity contribution in [3.8, 4) is 0 Å². The van der Waals surface area contributed by atoms with E-state index in [1.54, 1.807) is 12.4 Å². The van der Waals surface area contributed by atoms with Crippen LogP contribution in [0.25, 0.3) is 0 Å². The lowest BCUT2D eigenvalue weighted by molar-refractivity contribution is 0.600. The molecular weight excluding hydrogens is 212 g/mol. The quantitative estimate of drug-likeness (QED) is 0.840. The van der Waals surface area contributed by atoms with Gasteiger partial charge in [0.15, 0.2) is 0 Å². The van der Waals surface area contributed by atoms with Crippen LogP contribution in [0, 0.1) is 0 Å². The topological polar surface area (TPSA) is 73.0 Å². The van der Waals surface area contributed by atoms with E-state index in [1.807, 2.05) is 19.1 Å². The molecule has 86 valence electrons. The van der Waals surface area contributed by atoms with E-state index in [2.05, 4.69) is 4.98 Å². The average molecular weight is 230 g/mol. The maximum atomic E-state index is 10.2. The number of pyridine rings is 1. The molecule has 15 heavy (non-hydrogen) atoms. The zero-order valence-electron chi connectivity index (χ0n) is 9.18. The molecule has 2 N–H and O–H groups in total. The van der Waals surface area contributed by atoms with Gasteiger partial charge in [-0.2, -0.15) is 0 Å². The summed E-state index contributed by atoms with van der Waals surface area (Å²) in [6.07, 6.45) is 5.47. The summed E-state index contributed by atoms with van der Waals surface area (Å²) >= 11 is 0. The molecular formula is C10H18N2O2S. The van der Waals surface area contributed by atoms with Gasteiger partial charge in [0.1, 0.15) is 9.84 Å². The van der Waals surface area contributed by atoms with Gasteiger partial charge in [0.25, 0.3) is 0 Å². The molecule has 1 heterocycles. The summed E-state index contributed by atoms with van der Waals surface area (Å²) in [6.45, 7) is 2.43. The van der Waals surface area contributed by atoms with Crippen molar-refractivity contribution in [1.82, 2.24) is 4.98 Å². The lowest BCUT2D eigenvalue weighted by atomic mass is 10.3. The van der Waals surface area contributed by atoms with Crippen molar-refractivity contribution < 1.29 is 8.42 Å². The highest BCUT2D eigenvalue weighted by atomic mass is 32.2. The zero-order valence-corrected chi connectivity index (χ0v) is 10.00. The van der Waals surface area contributed by atoms with Gasteiger partial charge >= 0.3 is 0 Å². The van der Waals surface area contributed by atoms with Crippen LogP contribution in [0.2, 0.25) is 0 Å². The molecule has 0 radical (unpaired) electrons. The van der Waals surface area contributed by atoms with Gasteiger partial charge in [-0.15, -0.1) is 0 Å². The molecule has 0 aromatic carbocycles. The summed E-state index contributed by atoms with van der Waals surface area (Å²) in [4.78, 5) is 3.88. The normalized spacial score (nSPS) is 10.3. The third-order valence-corrected chi connectivity index (χ3v) is 2.68. The Morgan fingerprint density at radius 2 is 2.13 bits per heavy atom. The standard InChI is InChI=1S/C6H8N2.C4H10O2S/c7-4-6-2-1-3-8-5-6;1-3-4-7(2,5)6/h1-3,5H,4,7H2;3-4H2,1-2H3. The molecule has 4 nitrogen and oxygen atoms in total. The van der Waals surface area contributed by atoms with Crippen molar-refractivity contribution in [2.45, 2.75) is 19.9 Å². The molecule has 0 bridgehead atoms. The van der Waals surface area contributed by atoms with Crippen molar-refractivity contribution >= 4 is 9.84 Å². The van der Waals surface area contributed by atoms with Crippen molar-refractivity contribution in [3.63, 3.8) is 0 Å². The highest BCUT2D eigenvalue weighted by Crippen LogP contribution is 1.90. The maximum absolute atomic E-state index is 10.2. The van der Waals surface area contributed by atoms with Crippen LogP contribution in [-0.2, 0) is 16.4 Å². The van der Waals surface area contributed by atoms with Crippen LogP contribution in [0.3, 0.4) is 0 Å². The molecule has 1 aromatic rings.